The fourth-order valence-corrected chi connectivity index (χ4v) is 1.42. The minimum absolute atomic E-state index is 0. The van der Waals surface area contributed by atoms with Crippen molar-refractivity contribution in [3.63, 3.8) is 0 Å². The Morgan fingerprint density at radius 2 is 2.50 bits per heavy atom. The molecule has 0 bridgehead atoms. The quantitative estimate of drug-likeness (QED) is 0.595. The van der Waals surface area contributed by atoms with Crippen LogP contribution in [0.25, 0.3) is 0 Å². The molecule has 1 aliphatic rings. The predicted octanol–water partition coefficient (Wildman–Crippen LogP) is 2.34. The van der Waals surface area contributed by atoms with Crippen molar-refractivity contribution in [2.24, 2.45) is 0 Å². The first-order chi connectivity index (χ1) is 4.93. The average molecular weight is 141 g/mol. The van der Waals surface area contributed by atoms with Gasteiger partial charge in [0.25, 0.3) is 0 Å². The molecule has 0 heterocycles. The molecule has 0 amide bonds. The molecule has 1 N–H and O–H groups in total. The monoisotopic (exact) mass is 141 g/mol. The summed E-state index contributed by atoms with van der Waals surface area (Å²) in [7, 11) is 2.02. The molecule has 0 atom stereocenters. The van der Waals surface area contributed by atoms with Gasteiger partial charge in [0.2, 0.25) is 0 Å². The molecule has 0 spiro atoms. The Balaban J connectivity index is 0.000001000. The normalized spacial score (nSPS) is 18.7. The van der Waals surface area contributed by atoms with Crippen molar-refractivity contribution >= 4 is 0 Å². The Kier molecular flexibility index (Phi) is 3.52. The maximum absolute atomic E-state index is 3.17. The van der Waals surface area contributed by atoms with E-state index in [1.165, 1.54) is 32.1 Å². The molecule has 0 unspecified atom stereocenters. The molecule has 0 aromatic heterocycles. The van der Waals surface area contributed by atoms with E-state index in [1.807, 2.05) is 7.05 Å². The third kappa shape index (κ3) is 2.53. The van der Waals surface area contributed by atoms with Crippen LogP contribution in [-0.2, 0) is 0 Å². The number of nitrogens with one attached hydrogen (secondary N) is 1. The summed E-state index contributed by atoms with van der Waals surface area (Å²) in [4.78, 5) is 0. The van der Waals surface area contributed by atoms with Crippen molar-refractivity contribution in [2.75, 3.05) is 13.6 Å². The number of hydrogen-bond acceptors (Lipinski definition) is 1. The van der Waals surface area contributed by atoms with E-state index in [2.05, 4.69) is 11.4 Å². The zero-order valence-corrected chi connectivity index (χ0v) is 6.82. The van der Waals surface area contributed by atoms with Gasteiger partial charge in [0, 0.05) is 1.43 Å². The molecule has 0 radical (unpaired) electrons. The van der Waals surface area contributed by atoms with Crippen molar-refractivity contribution in [3.05, 3.63) is 11.6 Å². The SMILES string of the molecule is CNCCC1=CCCCC1.[HH]. The van der Waals surface area contributed by atoms with Gasteiger partial charge in [0.1, 0.15) is 0 Å². The van der Waals surface area contributed by atoms with Crippen LogP contribution >= 0.6 is 0 Å². The molecule has 0 saturated heterocycles. The maximum Gasteiger partial charge on any atom is 0 e. The molecule has 1 nitrogen and oxygen atoms in total. The lowest BCUT2D eigenvalue weighted by molar-refractivity contribution is 0.659. The highest BCUT2D eigenvalue weighted by Gasteiger charge is 2.01. The topological polar surface area (TPSA) is 12.0 Å². The minimum Gasteiger partial charge on any atom is -0.319 e. The number of hydrogen-bond donors (Lipinski definition) is 1. The second kappa shape index (κ2) is 4.51. The lowest BCUT2D eigenvalue weighted by Gasteiger charge is -2.11. The molecular weight excluding hydrogens is 122 g/mol. The summed E-state index contributed by atoms with van der Waals surface area (Å²) in [5.74, 6) is 0. The molecule has 10 heavy (non-hydrogen) atoms. The summed E-state index contributed by atoms with van der Waals surface area (Å²) < 4.78 is 0. The molecule has 0 aliphatic heterocycles. The van der Waals surface area contributed by atoms with Crippen LogP contribution in [-0.4, -0.2) is 13.6 Å². The summed E-state index contributed by atoms with van der Waals surface area (Å²) >= 11 is 0. The molecule has 0 saturated carbocycles. The third-order valence-corrected chi connectivity index (χ3v) is 2.08. The van der Waals surface area contributed by atoms with Gasteiger partial charge in [-0.2, -0.15) is 0 Å². The lowest BCUT2D eigenvalue weighted by atomic mass is 9.97. The largest absolute Gasteiger partial charge is 0.319 e. The van der Waals surface area contributed by atoms with E-state index in [0.29, 0.717) is 0 Å². The highest BCUT2D eigenvalue weighted by Crippen LogP contribution is 2.19. The van der Waals surface area contributed by atoms with E-state index < -0.39 is 0 Å². The summed E-state index contributed by atoms with van der Waals surface area (Å²) in [6.45, 7) is 1.14. The van der Waals surface area contributed by atoms with Crippen molar-refractivity contribution in [1.29, 1.82) is 0 Å². The van der Waals surface area contributed by atoms with Gasteiger partial charge in [-0.1, -0.05) is 11.6 Å². The van der Waals surface area contributed by atoms with Crippen LogP contribution in [0.2, 0.25) is 0 Å². The van der Waals surface area contributed by atoms with Gasteiger partial charge < -0.3 is 5.32 Å². The third-order valence-electron chi connectivity index (χ3n) is 2.08. The molecule has 1 aliphatic carbocycles. The lowest BCUT2D eigenvalue weighted by Crippen LogP contribution is -2.09. The van der Waals surface area contributed by atoms with Crippen LogP contribution in [0.4, 0.5) is 0 Å². The van der Waals surface area contributed by atoms with Crippen LogP contribution in [0.1, 0.15) is 33.5 Å². The van der Waals surface area contributed by atoms with E-state index in [0.717, 1.165) is 6.54 Å². The minimum atomic E-state index is 0. The van der Waals surface area contributed by atoms with Crippen molar-refractivity contribution in [1.82, 2.24) is 5.32 Å². The molecule has 0 aromatic rings. The fraction of sp³-hybridized carbons (Fsp3) is 0.778. The van der Waals surface area contributed by atoms with Crippen molar-refractivity contribution in [2.45, 2.75) is 32.1 Å². The van der Waals surface area contributed by atoms with Gasteiger partial charge in [-0.05, 0) is 45.7 Å². The zero-order valence-electron chi connectivity index (χ0n) is 6.82. The number of rotatable bonds is 3. The second-order valence-corrected chi connectivity index (χ2v) is 2.96. The van der Waals surface area contributed by atoms with E-state index in [1.54, 1.807) is 5.57 Å². The van der Waals surface area contributed by atoms with Gasteiger partial charge in [-0.25, -0.2) is 0 Å². The molecular formula is C9H19N. The first kappa shape index (κ1) is 7.80. The Morgan fingerprint density at radius 3 is 3.10 bits per heavy atom. The molecule has 60 valence electrons. The fourth-order valence-electron chi connectivity index (χ4n) is 1.42. The summed E-state index contributed by atoms with van der Waals surface area (Å²) in [6, 6.07) is 0. The Hall–Kier alpha value is -0.300. The maximum atomic E-state index is 3.17. The molecule has 0 fully saturated rings. The zero-order chi connectivity index (χ0) is 7.23. The highest BCUT2D eigenvalue weighted by atomic mass is 14.8. The Morgan fingerprint density at radius 1 is 1.60 bits per heavy atom. The van der Waals surface area contributed by atoms with Crippen LogP contribution in [0, 0.1) is 0 Å². The summed E-state index contributed by atoms with van der Waals surface area (Å²) in [6.07, 6.45) is 9.16. The van der Waals surface area contributed by atoms with Crippen LogP contribution in [0.15, 0.2) is 11.6 Å². The second-order valence-electron chi connectivity index (χ2n) is 2.96. The molecule has 1 heteroatoms. The van der Waals surface area contributed by atoms with Crippen molar-refractivity contribution < 1.29 is 1.43 Å². The Labute approximate surface area is 65.0 Å². The summed E-state index contributed by atoms with van der Waals surface area (Å²) in [5, 5.41) is 3.17. The van der Waals surface area contributed by atoms with Crippen LogP contribution < -0.4 is 5.32 Å². The van der Waals surface area contributed by atoms with Gasteiger partial charge in [-0.15, -0.1) is 0 Å². The standard InChI is InChI=1S/C9H17N.H2/c1-10-8-7-9-5-3-2-4-6-9;/h5,10H,2-4,6-8H2,1H3;1H. The summed E-state index contributed by atoms with van der Waals surface area (Å²) in [5.41, 5.74) is 1.67. The Bertz CT molecular complexity index is 121. The first-order valence-corrected chi connectivity index (χ1v) is 4.26. The van der Waals surface area contributed by atoms with Crippen LogP contribution in [0.3, 0.4) is 0 Å². The van der Waals surface area contributed by atoms with Crippen LogP contribution in [0.5, 0.6) is 0 Å². The van der Waals surface area contributed by atoms with Gasteiger partial charge >= 0.3 is 0 Å². The highest BCUT2D eigenvalue weighted by molar-refractivity contribution is 5.04. The van der Waals surface area contributed by atoms with Gasteiger partial charge in [0.05, 0.1) is 0 Å². The van der Waals surface area contributed by atoms with Crippen molar-refractivity contribution in [3.8, 4) is 0 Å². The van der Waals surface area contributed by atoms with E-state index >= 15 is 0 Å². The average Bonchev–Trinajstić information content (AvgIpc) is 2.03. The van der Waals surface area contributed by atoms with Gasteiger partial charge in [0.15, 0.2) is 0 Å². The first-order valence-electron chi connectivity index (χ1n) is 4.26. The molecule has 0 aromatic carbocycles. The van der Waals surface area contributed by atoms with E-state index in [9.17, 15) is 0 Å². The molecule has 1 rings (SSSR count). The predicted molar refractivity (Wildman–Crippen MR) is 47.2 cm³/mol. The van der Waals surface area contributed by atoms with E-state index in [4.69, 9.17) is 0 Å². The smallest absolute Gasteiger partial charge is 0 e. The van der Waals surface area contributed by atoms with E-state index in [-0.39, 0.29) is 1.43 Å². The van der Waals surface area contributed by atoms with Gasteiger partial charge in [-0.3, -0.25) is 0 Å². The number of allylic oxidation sites excluding steroid dienone is 1.